The fourth-order valence-corrected chi connectivity index (χ4v) is 5.26. The van der Waals surface area contributed by atoms with E-state index in [1.54, 1.807) is 18.3 Å². The zero-order valence-corrected chi connectivity index (χ0v) is 22.1. The van der Waals surface area contributed by atoms with Crippen LogP contribution in [0.1, 0.15) is 37.7 Å². The average molecular weight is 535 g/mol. The number of aryl methyl sites for hydroxylation is 1. The third-order valence-corrected chi connectivity index (χ3v) is 7.63. The van der Waals surface area contributed by atoms with E-state index < -0.39 is 5.82 Å². The molecule has 1 aromatic heterocycles. The number of benzene rings is 3. The minimum atomic E-state index is -0.473. The first-order valence-corrected chi connectivity index (χ1v) is 13.6. The second kappa shape index (κ2) is 11.8. The average Bonchev–Trinajstić information content (AvgIpc) is 2.90. The maximum atomic E-state index is 15.1. The van der Waals surface area contributed by atoms with Gasteiger partial charge in [-0.25, -0.2) is 14.4 Å². The lowest BCUT2D eigenvalue weighted by atomic mass is 9.96. The van der Waals surface area contributed by atoms with Gasteiger partial charge in [0.1, 0.15) is 5.75 Å². The minimum absolute atomic E-state index is 0.134. The Kier molecular flexibility index (Phi) is 8.12. The smallest absolute Gasteiger partial charge is 0.223 e. The standard InChI is InChI=1S/C29H28ClFN4OS/c1-19-11-13-22(25-15-16-32-29(34-25)33-20-7-3-2-4-8-20)27(17-19)36-26-14-12-21(18-24(26)31)35-37-28-10-6-5-9-23(28)30/h5-6,9-18,20,35H,2-4,7-8H2,1H3,(H,32,33,34). The molecule has 1 aliphatic carbocycles. The van der Waals surface area contributed by atoms with Crippen molar-refractivity contribution in [1.82, 2.24) is 9.97 Å². The van der Waals surface area contributed by atoms with E-state index in [0.717, 1.165) is 34.6 Å². The lowest BCUT2D eigenvalue weighted by Crippen LogP contribution is -2.23. The Morgan fingerprint density at radius 3 is 2.62 bits per heavy atom. The number of halogens is 2. The van der Waals surface area contributed by atoms with E-state index in [4.69, 9.17) is 21.3 Å². The molecule has 37 heavy (non-hydrogen) atoms. The third-order valence-electron chi connectivity index (χ3n) is 6.27. The Hall–Kier alpha value is -3.29. The molecule has 3 aromatic carbocycles. The number of nitrogens with one attached hydrogen (secondary N) is 2. The van der Waals surface area contributed by atoms with Crippen LogP contribution in [0.25, 0.3) is 11.3 Å². The molecule has 5 nitrogen and oxygen atoms in total. The molecule has 1 saturated carbocycles. The van der Waals surface area contributed by atoms with Crippen LogP contribution in [0.3, 0.4) is 0 Å². The normalized spacial score (nSPS) is 13.8. The van der Waals surface area contributed by atoms with Crippen LogP contribution in [0.4, 0.5) is 16.0 Å². The van der Waals surface area contributed by atoms with Crippen molar-refractivity contribution in [1.29, 1.82) is 0 Å². The number of nitrogens with zero attached hydrogens (tertiary/aromatic N) is 2. The second-order valence-electron chi connectivity index (χ2n) is 9.13. The Labute approximate surface area is 226 Å². The highest BCUT2D eigenvalue weighted by atomic mass is 35.5. The van der Waals surface area contributed by atoms with Crippen LogP contribution in [0.5, 0.6) is 11.5 Å². The fourth-order valence-electron chi connectivity index (χ4n) is 4.34. The van der Waals surface area contributed by atoms with Crippen molar-refractivity contribution in [3.63, 3.8) is 0 Å². The summed E-state index contributed by atoms with van der Waals surface area (Å²) in [7, 11) is 0. The van der Waals surface area contributed by atoms with Crippen molar-refractivity contribution in [2.24, 2.45) is 0 Å². The number of hydrogen-bond donors (Lipinski definition) is 2. The molecule has 0 unspecified atom stereocenters. The van der Waals surface area contributed by atoms with Gasteiger partial charge in [-0.3, -0.25) is 0 Å². The zero-order valence-electron chi connectivity index (χ0n) is 20.5. The van der Waals surface area contributed by atoms with E-state index in [0.29, 0.717) is 28.4 Å². The maximum Gasteiger partial charge on any atom is 0.223 e. The summed E-state index contributed by atoms with van der Waals surface area (Å²) in [6.07, 6.45) is 7.75. The Morgan fingerprint density at radius 2 is 1.81 bits per heavy atom. The van der Waals surface area contributed by atoms with Gasteiger partial charge in [-0.1, -0.05) is 49.1 Å². The maximum absolute atomic E-state index is 15.1. The van der Waals surface area contributed by atoms with Gasteiger partial charge in [-0.15, -0.1) is 0 Å². The summed E-state index contributed by atoms with van der Waals surface area (Å²) in [6, 6.07) is 20.4. The van der Waals surface area contributed by atoms with Crippen LogP contribution >= 0.6 is 23.5 Å². The first-order chi connectivity index (χ1) is 18.0. The van der Waals surface area contributed by atoms with Gasteiger partial charge in [0.25, 0.3) is 0 Å². The van der Waals surface area contributed by atoms with Crippen molar-refractivity contribution in [3.05, 3.63) is 89.3 Å². The number of anilines is 2. The van der Waals surface area contributed by atoms with Gasteiger partial charge in [0.15, 0.2) is 11.6 Å². The second-order valence-corrected chi connectivity index (χ2v) is 10.4. The van der Waals surface area contributed by atoms with Crippen LogP contribution in [0.2, 0.25) is 5.02 Å². The van der Waals surface area contributed by atoms with Crippen molar-refractivity contribution >= 4 is 35.2 Å². The quantitative estimate of drug-likeness (QED) is 0.220. The number of aromatic nitrogens is 2. The molecule has 0 radical (unpaired) electrons. The van der Waals surface area contributed by atoms with Crippen LogP contribution in [-0.4, -0.2) is 16.0 Å². The highest BCUT2D eigenvalue weighted by Gasteiger charge is 2.16. The molecule has 1 fully saturated rings. The molecular weight excluding hydrogens is 507 g/mol. The van der Waals surface area contributed by atoms with Gasteiger partial charge in [0, 0.05) is 34.5 Å². The summed E-state index contributed by atoms with van der Waals surface area (Å²) in [5.74, 6) is 0.801. The van der Waals surface area contributed by atoms with Crippen molar-refractivity contribution < 1.29 is 9.13 Å². The summed E-state index contributed by atoms with van der Waals surface area (Å²) < 4.78 is 24.3. The Morgan fingerprint density at radius 1 is 0.973 bits per heavy atom. The third kappa shape index (κ3) is 6.53. The first kappa shape index (κ1) is 25.4. The molecule has 1 heterocycles. The number of hydrogen-bond acceptors (Lipinski definition) is 6. The zero-order chi connectivity index (χ0) is 25.6. The molecule has 0 bridgehead atoms. The van der Waals surface area contributed by atoms with E-state index in [-0.39, 0.29) is 5.75 Å². The topological polar surface area (TPSA) is 59.1 Å². The van der Waals surface area contributed by atoms with Crippen LogP contribution < -0.4 is 14.8 Å². The van der Waals surface area contributed by atoms with Crippen LogP contribution in [0, 0.1) is 12.7 Å². The molecule has 4 aromatic rings. The highest BCUT2D eigenvalue weighted by molar-refractivity contribution is 8.00. The first-order valence-electron chi connectivity index (χ1n) is 12.4. The molecule has 0 aliphatic heterocycles. The summed E-state index contributed by atoms with van der Waals surface area (Å²) in [4.78, 5) is 10.0. The molecule has 2 N–H and O–H groups in total. The number of ether oxygens (including phenoxy) is 1. The predicted octanol–water partition coefficient (Wildman–Crippen LogP) is 8.90. The van der Waals surface area contributed by atoms with Gasteiger partial charge in [-0.2, -0.15) is 0 Å². The van der Waals surface area contributed by atoms with E-state index in [2.05, 4.69) is 15.0 Å². The molecule has 5 rings (SSSR count). The largest absolute Gasteiger partial charge is 0.454 e. The van der Waals surface area contributed by atoms with Gasteiger partial charge in [-0.05, 0) is 79.7 Å². The van der Waals surface area contributed by atoms with Crippen LogP contribution in [-0.2, 0) is 0 Å². The molecule has 0 atom stereocenters. The molecule has 0 saturated heterocycles. The Balaban J connectivity index is 1.34. The Bertz CT molecular complexity index is 1380. The highest BCUT2D eigenvalue weighted by Crippen LogP contribution is 2.36. The van der Waals surface area contributed by atoms with Crippen molar-refractivity contribution in [2.75, 3.05) is 10.0 Å². The lowest BCUT2D eigenvalue weighted by molar-refractivity contribution is 0.443. The summed E-state index contributed by atoms with van der Waals surface area (Å²) in [5, 5.41) is 4.11. The molecule has 0 spiro atoms. The van der Waals surface area contributed by atoms with Gasteiger partial charge in [0.2, 0.25) is 5.95 Å². The summed E-state index contributed by atoms with van der Waals surface area (Å²) in [5.41, 5.74) is 3.10. The van der Waals surface area contributed by atoms with Gasteiger partial charge >= 0.3 is 0 Å². The SMILES string of the molecule is Cc1ccc(-c2ccnc(NC3CCCCC3)n2)c(Oc2ccc(NSc3ccccc3Cl)cc2F)c1. The van der Waals surface area contributed by atoms with Gasteiger partial charge < -0.3 is 14.8 Å². The number of rotatable bonds is 8. The van der Waals surface area contributed by atoms with Crippen molar-refractivity contribution in [2.45, 2.75) is 50.0 Å². The fraction of sp³-hybridized carbons (Fsp3) is 0.241. The van der Waals surface area contributed by atoms with E-state index in [1.807, 2.05) is 55.5 Å². The lowest BCUT2D eigenvalue weighted by Gasteiger charge is -2.22. The molecule has 1 aliphatic rings. The van der Waals surface area contributed by atoms with E-state index in [1.165, 1.54) is 37.3 Å². The van der Waals surface area contributed by atoms with Crippen molar-refractivity contribution in [3.8, 4) is 22.8 Å². The summed E-state index contributed by atoms with van der Waals surface area (Å²) >= 11 is 7.53. The molecule has 190 valence electrons. The summed E-state index contributed by atoms with van der Waals surface area (Å²) in [6.45, 7) is 1.97. The van der Waals surface area contributed by atoms with E-state index in [9.17, 15) is 0 Å². The molecular formula is C29H28ClFN4OS. The van der Waals surface area contributed by atoms with E-state index >= 15 is 4.39 Å². The predicted molar refractivity (Wildman–Crippen MR) is 150 cm³/mol. The minimum Gasteiger partial charge on any atom is -0.454 e. The van der Waals surface area contributed by atoms with Gasteiger partial charge in [0.05, 0.1) is 10.7 Å². The molecule has 8 heteroatoms. The van der Waals surface area contributed by atoms with Crippen LogP contribution in [0.15, 0.2) is 77.8 Å². The monoisotopic (exact) mass is 534 g/mol. The molecule has 0 amide bonds.